The van der Waals surface area contributed by atoms with Crippen LogP contribution in [-0.2, 0) is 6.42 Å². The van der Waals surface area contributed by atoms with Crippen LogP contribution in [0.4, 0.5) is 0 Å². The smallest absolute Gasteiger partial charge is 0.315 e. The molecule has 1 aromatic heterocycles. The standard InChI is InChI=1S/C14H20N4O/c19-14-16-12-3-2-11(10-13(12)17-14)4-8-18-7-1-5-15-6-9-18/h2-3,10,15H,1,4-9H2,(H2,16,17,19). The molecule has 0 saturated carbocycles. The zero-order valence-electron chi connectivity index (χ0n) is 11.0. The molecule has 3 rings (SSSR count). The molecule has 0 atom stereocenters. The molecule has 1 fully saturated rings. The lowest BCUT2D eigenvalue weighted by molar-refractivity contribution is 0.296. The summed E-state index contributed by atoms with van der Waals surface area (Å²) in [5, 5.41) is 3.42. The number of aromatic nitrogens is 2. The second kappa shape index (κ2) is 5.59. The predicted octanol–water partition coefficient (Wildman–Crippen LogP) is 0.694. The highest BCUT2D eigenvalue weighted by Crippen LogP contribution is 2.11. The number of nitrogens with one attached hydrogen (secondary N) is 3. The van der Waals surface area contributed by atoms with Crippen LogP contribution in [0.15, 0.2) is 23.0 Å². The maximum Gasteiger partial charge on any atom is 0.323 e. The molecule has 2 heterocycles. The van der Waals surface area contributed by atoms with E-state index >= 15 is 0 Å². The molecule has 2 aromatic rings. The molecule has 0 spiro atoms. The lowest BCUT2D eigenvalue weighted by Crippen LogP contribution is -2.30. The van der Waals surface area contributed by atoms with Gasteiger partial charge in [0.05, 0.1) is 11.0 Å². The molecule has 0 amide bonds. The van der Waals surface area contributed by atoms with Gasteiger partial charge in [-0.25, -0.2) is 4.79 Å². The Bertz CT molecular complexity index is 593. The van der Waals surface area contributed by atoms with Gasteiger partial charge in [-0.2, -0.15) is 0 Å². The third-order valence-corrected chi connectivity index (χ3v) is 3.73. The van der Waals surface area contributed by atoms with Crippen molar-refractivity contribution in [1.82, 2.24) is 20.2 Å². The van der Waals surface area contributed by atoms with Gasteiger partial charge >= 0.3 is 5.69 Å². The Balaban J connectivity index is 1.65. The number of imidazole rings is 1. The van der Waals surface area contributed by atoms with Crippen LogP contribution in [0, 0.1) is 0 Å². The van der Waals surface area contributed by atoms with Crippen molar-refractivity contribution in [3.8, 4) is 0 Å². The zero-order valence-corrected chi connectivity index (χ0v) is 11.0. The van der Waals surface area contributed by atoms with Crippen LogP contribution in [0.2, 0.25) is 0 Å². The van der Waals surface area contributed by atoms with Crippen molar-refractivity contribution in [2.45, 2.75) is 12.8 Å². The van der Waals surface area contributed by atoms with Crippen LogP contribution < -0.4 is 11.0 Å². The van der Waals surface area contributed by atoms with E-state index in [0.29, 0.717) is 0 Å². The van der Waals surface area contributed by atoms with Gasteiger partial charge in [-0.3, -0.25) is 0 Å². The normalized spacial score (nSPS) is 17.7. The maximum absolute atomic E-state index is 11.2. The van der Waals surface area contributed by atoms with E-state index in [2.05, 4.69) is 32.3 Å². The summed E-state index contributed by atoms with van der Waals surface area (Å²) in [6.45, 7) is 5.61. The first kappa shape index (κ1) is 12.4. The summed E-state index contributed by atoms with van der Waals surface area (Å²) < 4.78 is 0. The van der Waals surface area contributed by atoms with Crippen LogP contribution >= 0.6 is 0 Å². The SMILES string of the molecule is O=c1[nH]c2ccc(CCN3CCCNCC3)cc2[nH]1. The quantitative estimate of drug-likeness (QED) is 0.761. The molecule has 0 aliphatic carbocycles. The Morgan fingerprint density at radius 2 is 2.00 bits per heavy atom. The van der Waals surface area contributed by atoms with Crippen molar-refractivity contribution in [2.75, 3.05) is 32.7 Å². The predicted molar refractivity (Wildman–Crippen MR) is 76.6 cm³/mol. The van der Waals surface area contributed by atoms with E-state index < -0.39 is 0 Å². The Kier molecular flexibility index (Phi) is 3.66. The number of benzene rings is 1. The zero-order chi connectivity index (χ0) is 13.1. The Labute approximate surface area is 112 Å². The minimum atomic E-state index is -0.134. The lowest BCUT2D eigenvalue weighted by atomic mass is 10.1. The van der Waals surface area contributed by atoms with E-state index in [0.717, 1.165) is 43.6 Å². The number of aromatic amines is 2. The van der Waals surface area contributed by atoms with Crippen molar-refractivity contribution in [2.24, 2.45) is 0 Å². The summed E-state index contributed by atoms with van der Waals surface area (Å²) in [6, 6.07) is 6.15. The highest BCUT2D eigenvalue weighted by Gasteiger charge is 2.08. The van der Waals surface area contributed by atoms with Crippen LogP contribution in [0.25, 0.3) is 11.0 Å². The molecule has 1 saturated heterocycles. The van der Waals surface area contributed by atoms with Gasteiger partial charge in [0.2, 0.25) is 0 Å². The van der Waals surface area contributed by atoms with E-state index in [9.17, 15) is 4.79 Å². The van der Waals surface area contributed by atoms with Gasteiger partial charge in [0, 0.05) is 19.6 Å². The molecule has 3 N–H and O–H groups in total. The third-order valence-electron chi connectivity index (χ3n) is 3.73. The van der Waals surface area contributed by atoms with E-state index in [1.54, 1.807) is 0 Å². The molecular weight excluding hydrogens is 240 g/mol. The molecule has 102 valence electrons. The van der Waals surface area contributed by atoms with Gasteiger partial charge in [-0.1, -0.05) is 6.07 Å². The van der Waals surface area contributed by atoms with Crippen molar-refractivity contribution >= 4 is 11.0 Å². The minimum absolute atomic E-state index is 0.134. The fourth-order valence-corrected chi connectivity index (χ4v) is 2.65. The lowest BCUT2D eigenvalue weighted by Gasteiger charge is -2.19. The monoisotopic (exact) mass is 260 g/mol. The fraction of sp³-hybridized carbons (Fsp3) is 0.500. The van der Waals surface area contributed by atoms with Crippen molar-refractivity contribution in [3.05, 3.63) is 34.2 Å². The number of H-pyrrole nitrogens is 2. The highest BCUT2D eigenvalue weighted by atomic mass is 16.1. The van der Waals surface area contributed by atoms with Gasteiger partial charge in [0.15, 0.2) is 0 Å². The maximum atomic E-state index is 11.2. The Morgan fingerprint density at radius 3 is 2.95 bits per heavy atom. The topological polar surface area (TPSA) is 63.9 Å². The first-order valence-corrected chi connectivity index (χ1v) is 6.95. The molecule has 5 heteroatoms. The summed E-state index contributed by atoms with van der Waals surface area (Å²) in [7, 11) is 0. The Morgan fingerprint density at radius 1 is 1.11 bits per heavy atom. The first-order chi connectivity index (χ1) is 9.31. The van der Waals surface area contributed by atoms with Crippen LogP contribution in [0.5, 0.6) is 0 Å². The highest BCUT2D eigenvalue weighted by molar-refractivity contribution is 5.74. The summed E-state index contributed by atoms with van der Waals surface area (Å²) in [6.07, 6.45) is 2.26. The number of hydrogen-bond acceptors (Lipinski definition) is 3. The number of nitrogens with zero attached hydrogens (tertiary/aromatic N) is 1. The molecule has 0 radical (unpaired) electrons. The molecule has 19 heavy (non-hydrogen) atoms. The van der Waals surface area contributed by atoms with E-state index in [4.69, 9.17) is 0 Å². The number of rotatable bonds is 3. The summed E-state index contributed by atoms with van der Waals surface area (Å²) in [5.41, 5.74) is 2.93. The Hall–Kier alpha value is -1.59. The summed E-state index contributed by atoms with van der Waals surface area (Å²) in [5.74, 6) is 0. The minimum Gasteiger partial charge on any atom is -0.315 e. The largest absolute Gasteiger partial charge is 0.323 e. The van der Waals surface area contributed by atoms with Gasteiger partial charge in [0.1, 0.15) is 0 Å². The van der Waals surface area contributed by atoms with E-state index in [-0.39, 0.29) is 5.69 Å². The molecule has 1 aromatic carbocycles. The number of fused-ring (bicyclic) bond motifs is 1. The molecule has 5 nitrogen and oxygen atoms in total. The molecule has 0 bridgehead atoms. The number of hydrogen-bond donors (Lipinski definition) is 3. The molecule has 1 aliphatic rings. The van der Waals surface area contributed by atoms with Crippen LogP contribution in [0.3, 0.4) is 0 Å². The fourth-order valence-electron chi connectivity index (χ4n) is 2.65. The summed E-state index contributed by atoms with van der Waals surface area (Å²) in [4.78, 5) is 19.3. The second-order valence-corrected chi connectivity index (χ2v) is 5.15. The molecule has 0 unspecified atom stereocenters. The summed E-state index contributed by atoms with van der Waals surface area (Å²) >= 11 is 0. The van der Waals surface area contributed by atoms with Crippen molar-refractivity contribution in [3.63, 3.8) is 0 Å². The van der Waals surface area contributed by atoms with Gasteiger partial charge in [0.25, 0.3) is 0 Å². The van der Waals surface area contributed by atoms with Gasteiger partial charge in [-0.05, 0) is 43.6 Å². The van der Waals surface area contributed by atoms with Crippen LogP contribution in [0.1, 0.15) is 12.0 Å². The second-order valence-electron chi connectivity index (χ2n) is 5.15. The van der Waals surface area contributed by atoms with Gasteiger partial charge < -0.3 is 20.2 Å². The van der Waals surface area contributed by atoms with E-state index in [1.807, 2.05) is 6.07 Å². The third kappa shape index (κ3) is 3.05. The van der Waals surface area contributed by atoms with Crippen molar-refractivity contribution < 1.29 is 0 Å². The van der Waals surface area contributed by atoms with E-state index in [1.165, 1.54) is 18.5 Å². The molecular formula is C14H20N4O. The first-order valence-electron chi connectivity index (χ1n) is 6.95. The molecule has 1 aliphatic heterocycles. The van der Waals surface area contributed by atoms with Gasteiger partial charge in [-0.15, -0.1) is 0 Å². The average molecular weight is 260 g/mol. The van der Waals surface area contributed by atoms with Crippen molar-refractivity contribution in [1.29, 1.82) is 0 Å². The van der Waals surface area contributed by atoms with Crippen LogP contribution in [-0.4, -0.2) is 47.6 Å². The average Bonchev–Trinajstić information content (AvgIpc) is 2.62.